The minimum Gasteiger partial charge on any atom is -0.494 e. The third-order valence-corrected chi connectivity index (χ3v) is 4.46. The van der Waals surface area contributed by atoms with Gasteiger partial charge in [0.2, 0.25) is 0 Å². The summed E-state index contributed by atoms with van der Waals surface area (Å²) in [4.78, 5) is 11.0. The van der Waals surface area contributed by atoms with Gasteiger partial charge in [0.1, 0.15) is 5.75 Å². The Bertz CT molecular complexity index is 481. The van der Waals surface area contributed by atoms with E-state index >= 15 is 0 Å². The van der Waals surface area contributed by atoms with Crippen molar-refractivity contribution in [2.75, 3.05) is 19.7 Å². The molecule has 1 aliphatic rings. The normalized spacial score (nSPS) is 17.4. The van der Waals surface area contributed by atoms with Gasteiger partial charge in [-0.3, -0.25) is 0 Å². The third kappa shape index (κ3) is 4.46. The monoisotopic (exact) mass is 291 g/mol. The van der Waals surface area contributed by atoms with E-state index in [4.69, 9.17) is 9.84 Å². The molecule has 1 heterocycles. The number of hydrogen-bond donors (Lipinski definition) is 2. The summed E-state index contributed by atoms with van der Waals surface area (Å²) in [5.41, 5.74) is 1.08. The zero-order valence-electron chi connectivity index (χ0n) is 12.9. The SMILES string of the molecule is Cc1cc(OCC[C@@H](C)C2CCNCC2)ccc1C(=O)O. The summed E-state index contributed by atoms with van der Waals surface area (Å²) in [5, 5.41) is 12.4. The van der Waals surface area contributed by atoms with Crippen LogP contribution in [0, 0.1) is 18.8 Å². The number of benzene rings is 1. The van der Waals surface area contributed by atoms with Crippen LogP contribution in [-0.4, -0.2) is 30.8 Å². The molecule has 4 heteroatoms. The molecule has 0 aliphatic carbocycles. The average Bonchev–Trinajstić information content (AvgIpc) is 2.47. The van der Waals surface area contributed by atoms with Crippen LogP contribution in [0.25, 0.3) is 0 Å². The van der Waals surface area contributed by atoms with Crippen molar-refractivity contribution in [1.82, 2.24) is 5.32 Å². The van der Waals surface area contributed by atoms with Crippen LogP contribution >= 0.6 is 0 Å². The second kappa shape index (κ2) is 7.46. The number of carboxylic acid groups (broad SMARTS) is 1. The van der Waals surface area contributed by atoms with Gasteiger partial charge in [0.15, 0.2) is 0 Å². The molecule has 4 nitrogen and oxygen atoms in total. The first-order valence-electron chi connectivity index (χ1n) is 7.75. The minimum atomic E-state index is -0.890. The highest BCUT2D eigenvalue weighted by atomic mass is 16.5. The van der Waals surface area contributed by atoms with Gasteiger partial charge >= 0.3 is 5.97 Å². The zero-order valence-corrected chi connectivity index (χ0v) is 12.9. The van der Waals surface area contributed by atoms with Crippen LogP contribution in [0.15, 0.2) is 18.2 Å². The van der Waals surface area contributed by atoms with Gasteiger partial charge < -0.3 is 15.2 Å². The van der Waals surface area contributed by atoms with Crippen molar-refractivity contribution in [3.63, 3.8) is 0 Å². The summed E-state index contributed by atoms with van der Waals surface area (Å²) in [6, 6.07) is 5.16. The highest BCUT2D eigenvalue weighted by Crippen LogP contribution is 2.25. The Hall–Kier alpha value is -1.55. The minimum absolute atomic E-state index is 0.338. The molecule has 1 saturated heterocycles. The summed E-state index contributed by atoms with van der Waals surface area (Å²) < 4.78 is 5.77. The maximum absolute atomic E-state index is 11.0. The summed E-state index contributed by atoms with van der Waals surface area (Å²) >= 11 is 0. The Kier molecular flexibility index (Phi) is 5.62. The predicted molar refractivity (Wildman–Crippen MR) is 83.0 cm³/mol. The number of carboxylic acids is 1. The molecule has 0 radical (unpaired) electrons. The fraction of sp³-hybridized carbons (Fsp3) is 0.588. The van der Waals surface area contributed by atoms with Gasteiger partial charge in [-0.1, -0.05) is 6.92 Å². The maximum atomic E-state index is 11.0. The molecule has 21 heavy (non-hydrogen) atoms. The number of ether oxygens (including phenoxy) is 1. The van der Waals surface area contributed by atoms with Gasteiger partial charge in [-0.05, 0) is 74.9 Å². The van der Waals surface area contributed by atoms with Crippen molar-refractivity contribution in [2.45, 2.75) is 33.1 Å². The van der Waals surface area contributed by atoms with Gasteiger partial charge in [0.05, 0.1) is 12.2 Å². The van der Waals surface area contributed by atoms with E-state index in [0.717, 1.165) is 36.7 Å². The number of piperidine rings is 1. The van der Waals surface area contributed by atoms with E-state index in [-0.39, 0.29) is 0 Å². The molecule has 1 atom stereocenters. The number of rotatable bonds is 6. The highest BCUT2D eigenvalue weighted by Gasteiger charge is 2.19. The Balaban J connectivity index is 1.80. The van der Waals surface area contributed by atoms with Crippen molar-refractivity contribution in [2.24, 2.45) is 11.8 Å². The summed E-state index contributed by atoms with van der Waals surface area (Å²) in [6.07, 6.45) is 3.56. The van der Waals surface area contributed by atoms with Gasteiger partial charge in [-0.15, -0.1) is 0 Å². The molecule has 1 aromatic rings. The molecule has 0 unspecified atom stereocenters. The van der Waals surface area contributed by atoms with Crippen molar-refractivity contribution in [3.8, 4) is 5.75 Å². The molecule has 0 bridgehead atoms. The lowest BCUT2D eigenvalue weighted by molar-refractivity contribution is 0.0696. The van der Waals surface area contributed by atoms with Crippen molar-refractivity contribution >= 4 is 5.97 Å². The molecule has 2 rings (SSSR count). The van der Waals surface area contributed by atoms with Crippen LogP contribution in [0.2, 0.25) is 0 Å². The number of aromatic carboxylic acids is 1. The van der Waals surface area contributed by atoms with E-state index in [2.05, 4.69) is 12.2 Å². The molecule has 0 amide bonds. The zero-order chi connectivity index (χ0) is 15.2. The summed E-state index contributed by atoms with van der Waals surface area (Å²) in [6.45, 7) is 7.06. The van der Waals surface area contributed by atoms with Crippen LogP contribution in [0.5, 0.6) is 5.75 Å². The van der Waals surface area contributed by atoms with E-state index in [1.807, 2.05) is 0 Å². The van der Waals surface area contributed by atoms with Crippen LogP contribution in [-0.2, 0) is 0 Å². The molecule has 116 valence electrons. The van der Waals surface area contributed by atoms with E-state index in [9.17, 15) is 4.79 Å². The van der Waals surface area contributed by atoms with E-state index in [0.29, 0.717) is 18.1 Å². The predicted octanol–water partition coefficient (Wildman–Crippen LogP) is 3.10. The molecule has 0 spiro atoms. The van der Waals surface area contributed by atoms with Crippen LogP contribution in [0.1, 0.15) is 42.1 Å². The average molecular weight is 291 g/mol. The Labute approximate surface area is 126 Å². The molecular formula is C17H25NO3. The second-order valence-electron chi connectivity index (χ2n) is 5.98. The highest BCUT2D eigenvalue weighted by molar-refractivity contribution is 5.89. The topological polar surface area (TPSA) is 58.6 Å². The number of hydrogen-bond acceptors (Lipinski definition) is 3. The maximum Gasteiger partial charge on any atom is 0.335 e. The van der Waals surface area contributed by atoms with E-state index < -0.39 is 5.97 Å². The molecule has 0 aromatic heterocycles. The largest absolute Gasteiger partial charge is 0.494 e. The molecule has 1 aliphatic heterocycles. The van der Waals surface area contributed by atoms with Gasteiger partial charge in [0, 0.05) is 0 Å². The van der Waals surface area contributed by atoms with Crippen LogP contribution < -0.4 is 10.1 Å². The fourth-order valence-corrected chi connectivity index (χ4v) is 2.98. The fourth-order valence-electron chi connectivity index (χ4n) is 2.98. The standard InChI is InChI=1S/C17H25NO3/c1-12(14-5-8-18-9-6-14)7-10-21-15-3-4-16(17(19)20)13(2)11-15/h3-4,11-12,14,18H,5-10H2,1-2H3,(H,19,20)/t12-/m1/s1. The second-order valence-corrected chi connectivity index (χ2v) is 5.98. The van der Waals surface area contributed by atoms with Gasteiger partial charge in [-0.25, -0.2) is 4.79 Å². The van der Waals surface area contributed by atoms with Crippen molar-refractivity contribution in [1.29, 1.82) is 0 Å². The van der Waals surface area contributed by atoms with Crippen LogP contribution in [0.3, 0.4) is 0 Å². The Morgan fingerprint density at radius 1 is 1.43 bits per heavy atom. The lowest BCUT2D eigenvalue weighted by Crippen LogP contribution is -2.31. The Morgan fingerprint density at radius 2 is 2.14 bits per heavy atom. The van der Waals surface area contributed by atoms with E-state index in [1.165, 1.54) is 12.8 Å². The smallest absolute Gasteiger partial charge is 0.335 e. The van der Waals surface area contributed by atoms with Crippen LogP contribution in [0.4, 0.5) is 0 Å². The van der Waals surface area contributed by atoms with Crippen molar-refractivity contribution in [3.05, 3.63) is 29.3 Å². The first kappa shape index (κ1) is 15.8. The number of carbonyl (C=O) groups is 1. The molecule has 2 N–H and O–H groups in total. The first-order chi connectivity index (χ1) is 10.1. The molecule has 1 aromatic carbocycles. The quantitative estimate of drug-likeness (QED) is 0.845. The molecular weight excluding hydrogens is 266 g/mol. The lowest BCUT2D eigenvalue weighted by Gasteiger charge is -2.28. The lowest BCUT2D eigenvalue weighted by atomic mass is 9.84. The molecule has 0 saturated carbocycles. The number of nitrogens with one attached hydrogen (secondary N) is 1. The van der Waals surface area contributed by atoms with Crippen molar-refractivity contribution < 1.29 is 14.6 Å². The molecule has 1 fully saturated rings. The van der Waals surface area contributed by atoms with Gasteiger partial charge in [-0.2, -0.15) is 0 Å². The van der Waals surface area contributed by atoms with E-state index in [1.54, 1.807) is 25.1 Å². The number of aryl methyl sites for hydroxylation is 1. The van der Waals surface area contributed by atoms with Gasteiger partial charge in [0.25, 0.3) is 0 Å². The first-order valence-corrected chi connectivity index (χ1v) is 7.75. The Morgan fingerprint density at radius 3 is 2.76 bits per heavy atom. The summed E-state index contributed by atoms with van der Waals surface area (Å²) in [5.74, 6) is 1.34. The third-order valence-electron chi connectivity index (χ3n) is 4.46. The summed E-state index contributed by atoms with van der Waals surface area (Å²) in [7, 11) is 0.